The lowest BCUT2D eigenvalue weighted by molar-refractivity contribution is 0.629. The lowest BCUT2D eigenvalue weighted by atomic mass is 10.0. The Morgan fingerprint density at radius 3 is 2.67 bits per heavy atom. The second-order valence-corrected chi connectivity index (χ2v) is 4.40. The molecular formula is C12H22. The number of hydrogen-bond donors (Lipinski definition) is 0. The number of hydrogen-bond acceptors (Lipinski definition) is 0. The normalized spacial score (nSPS) is 30.9. The van der Waals surface area contributed by atoms with E-state index < -0.39 is 0 Å². The van der Waals surface area contributed by atoms with Crippen LogP contribution in [0.25, 0.3) is 0 Å². The van der Waals surface area contributed by atoms with Crippen LogP contribution in [-0.2, 0) is 0 Å². The van der Waals surface area contributed by atoms with E-state index in [1.807, 2.05) is 0 Å². The van der Waals surface area contributed by atoms with Crippen molar-refractivity contribution in [2.45, 2.75) is 46.5 Å². The molecule has 1 fully saturated rings. The van der Waals surface area contributed by atoms with Crippen molar-refractivity contribution in [1.82, 2.24) is 0 Å². The first-order chi connectivity index (χ1) is 5.74. The molecule has 0 aromatic carbocycles. The second-order valence-electron chi connectivity index (χ2n) is 4.40. The Labute approximate surface area is 77.1 Å². The molecule has 0 nitrogen and oxygen atoms in total. The van der Waals surface area contributed by atoms with Gasteiger partial charge in [0, 0.05) is 0 Å². The largest absolute Gasteiger partial charge is 0.0880 e. The molecule has 0 aromatic rings. The van der Waals surface area contributed by atoms with Crippen LogP contribution in [0.1, 0.15) is 46.5 Å². The van der Waals surface area contributed by atoms with Gasteiger partial charge in [-0.25, -0.2) is 0 Å². The number of allylic oxidation sites excluding steroid dienone is 2. The smallest absolute Gasteiger partial charge is 0.0262 e. The fraction of sp³-hybridized carbons (Fsp3) is 0.833. The zero-order valence-corrected chi connectivity index (χ0v) is 8.72. The monoisotopic (exact) mass is 166 g/mol. The summed E-state index contributed by atoms with van der Waals surface area (Å²) in [5.41, 5.74) is 0. The van der Waals surface area contributed by atoms with Gasteiger partial charge in [0.05, 0.1) is 0 Å². The second kappa shape index (κ2) is 4.69. The average molecular weight is 166 g/mol. The lowest BCUT2D eigenvalue weighted by Crippen LogP contribution is -1.87. The molecule has 3 atom stereocenters. The van der Waals surface area contributed by atoms with Crippen LogP contribution in [0.5, 0.6) is 0 Å². The third-order valence-electron chi connectivity index (χ3n) is 2.92. The summed E-state index contributed by atoms with van der Waals surface area (Å²) in [5.74, 6) is 2.83. The first-order valence-corrected chi connectivity index (χ1v) is 5.40. The Balaban J connectivity index is 2.04. The van der Waals surface area contributed by atoms with Gasteiger partial charge < -0.3 is 0 Å². The van der Waals surface area contributed by atoms with Crippen LogP contribution in [0.4, 0.5) is 0 Å². The van der Waals surface area contributed by atoms with E-state index >= 15 is 0 Å². The molecule has 1 aliphatic rings. The van der Waals surface area contributed by atoms with Gasteiger partial charge in [-0.15, -0.1) is 0 Å². The van der Waals surface area contributed by atoms with Crippen LogP contribution in [0.2, 0.25) is 0 Å². The molecule has 70 valence electrons. The van der Waals surface area contributed by atoms with Gasteiger partial charge in [0.25, 0.3) is 0 Å². The third-order valence-corrected chi connectivity index (χ3v) is 2.92. The van der Waals surface area contributed by atoms with Crippen molar-refractivity contribution >= 4 is 0 Å². The average Bonchev–Trinajstić information content (AvgIpc) is 2.67. The maximum atomic E-state index is 2.40. The molecule has 0 amide bonds. The van der Waals surface area contributed by atoms with Gasteiger partial charge in [-0.3, -0.25) is 0 Å². The predicted molar refractivity (Wildman–Crippen MR) is 55.1 cm³/mol. The van der Waals surface area contributed by atoms with Crippen LogP contribution in [0, 0.1) is 17.8 Å². The Morgan fingerprint density at radius 2 is 2.17 bits per heavy atom. The van der Waals surface area contributed by atoms with Crippen molar-refractivity contribution in [3.05, 3.63) is 12.2 Å². The molecule has 0 heteroatoms. The molecule has 0 radical (unpaired) electrons. The molecule has 0 spiro atoms. The maximum absolute atomic E-state index is 2.40. The highest BCUT2D eigenvalue weighted by Crippen LogP contribution is 2.40. The first-order valence-electron chi connectivity index (χ1n) is 5.40. The summed E-state index contributed by atoms with van der Waals surface area (Å²) in [4.78, 5) is 0. The van der Waals surface area contributed by atoms with E-state index in [0.717, 1.165) is 17.8 Å². The minimum Gasteiger partial charge on any atom is -0.0880 e. The SMILES string of the molecule is CCCC(C)C=CCC1CC1C. The van der Waals surface area contributed by atoms with E-state index in [1.165, 1.54) is 25.7 Å². The van der Waals surface area contributed by atoms with Crippen LogP contribution in [0.15, 0.2) is 12.2 Å². The summed E-state index contributed by atoms with van der Waals surface area (Å²) in [6.45, 7) is 6.93. The van der Waals surface area contributed by atoms with Crippen molar-refractivity contribution in [1.29, 1.82) is 0 Å². The molecular weight excluding hydrogens is 144 g/mol. The van der Waals surface area contributed by atoms with Crippen LogP contribution in [-0.4, -0.2) is 0 Å². The molecule has 0 aromatic heterocycles. The molecule has 3 unspecified atom stereocenters. The van der Waals surface area contributed by atoms with E-state index in [2.05, 4.69) is 32.9 Å². The molecule has 0 heterocycles. The number of rotatable bonds is 5. The molecule has 0 bridgehead atoms. The van der Waals surface area contributed by atoms with Crippen molar-refractivity contribution in [3.63, 3.8) is 0 Å². The third kappa shape index (κ3) is 3.42. The molecule has 12 heavy (non-hydrogen) atoms. The quantitative estimate of drug-likeness (QED) is 0.541. The van der Waals surface area contributed by atoms with Gasteiger partial charge in [-0.2, -0.15) is 0 Å². The van der Waals surface area contributed by atoms with E-state index in [-0.39, 0.29) is 0 Å². The minimum absolute atomic E-state index is 0.795. The fourth-order valence-electron chi connectivity index (χ4n) is 1.76. The standard InChI is InChI=1S/C12H22/c1-4-6-10(2)7-5-8-12-9-11(12)3/h5,7,10-12H,4,6,8-9H2,1-3H3. The van der Waals surface area contributed by atoms with Crippen molar-refractivity contribution in [2.75, 3.05) is 0 Å². The molecule has 1 rings (SSSR count). The lowest BCUT2D eigenvalue weighted by Gasteiger charge is -2.01. The highest BCUT2D eigenvalue weighted by molar-refractivity contribution is 4.93. The Morgan fingerprint density at radius 1 is 1.50 bits per heavy atom. The van der Waals surface area contributed by atoms with E-state index in [4.69, 9.17) is 0 Å². The molecule has 0 N–H and O–H groups in total. The molecule has 0 saturated heterocycles. The minimum atomic E-state index is 0.795. The van der Waals surface area contributed by atoms with Crippen molar-refractivity contribution < 1.29 is 0 Å². The summed E-state index contributed by atoms with van der Waals surface area (Å²) in [6, 6.07) is 0. The summed E-state index contributed by atoms with van der Waals surface area (Å²) in [6.07, 6.45) is 10.2. The fourth-order valence-corrected chi connectivity index (χ4v) is 1.76. The van der Waals surface area contributed by atoms with Gasteiger partial charge in [0.15, 0.2) is 0 Å². The Hall–Kier alpha value is -0.260. The molecule has 0 aliphatic heterocycles. The van der Waals surface area contributed by atoms with Gasteiger partial charge in [-0.05, 0) is 37.0 Å². The van der Waals surface area contributed by atoms with Crippen LogP contribution >= 0.6 is 0 Å². The maximum Gasteiger partial charge on any atom is -0.0262 e. The van der Waals surface area contributed by atoms with Crippen molar-refractivity contribution in [2.24, 2.45) is 17.8 Å². The van der Waals surface area contributed by atoms with Crippen LogP contribution in [0.3, 0.4) is 0 Å². The van der Waals surface area contributed by atoms with Crippen molar-refractivity contribution in [3.8, 4) is 0 Å². The molecule has 1 saturated carbocycles. The Kier molecular flexibility index (Phi) is 3.84. The Bertz CT molecular complexity index is 146. The van der Waals surface area contributed by atoms with Crippen LogP contribution < -0.4 is 0 Å². The van der Waals surface area contributed by atoms with Gasteiger partial charge >= 0.3 is 0 Å². The predicted octanol–water partition coefficient (Wildman–Crippen LogP) is 4.02. The first kappa shape index (κ1) is 9.83. The van der Waals surface area contributed by atoms with E-state index in [0.29, 0.717) is 0 Å². The highest BCUT2D eigenvalue weighted by atomic mass is 14.4. The van der Waals surface area contributed by atoms with E-state index in [1.54, 1.807) is 0 Å². The van der Waals surface area contributed by atoms with E-state index in [9.17, 15) is 0 Å². The summed E-state index contributed by atoms with van der Waals surface area (Å²) < 4.78 is 0. The summed E-state index contributed by atoms with van der Waals surface area (Å²) in [5, 5.41) is 0. The summed E-state index contributed by atoms with van der Waals surface area (Å²) >= 11 is 0. The van der Waals surface area contributed by atoms with Gasteiger partial charge in [0.1, 0.15) is 0 Å². The molecule has 1 aliphatic carbocycles. The topological polar surface area (TPSA) is 0 Å². The highest BCUT2D eigenvalue weighted by Gasteiger charge is 2.30. The zero-order chi connectivity index (χ0) is 8.97. The zero-order valence-electron chi connectivity index (χ0n) is 8.72. The summed E-state index contributed by atoms with van der Waals surface area (Å²) in [7, 11) is 0. The van der Waals surface area contributed by atoms with Gasteiger partial charge in [0.2, 0.25) is 0 Å². The van der Waals surface area contributed by atoms with Gasteiger partial charge in [-0.1, -0.05) is 39.3 Å².